The average Bonchev–Trinajstić information content (AvgIpc) is 2.93. The molecule has 0 fully saturated rings. The van der Waals surface area contributed by atoms with Crippen molar-refractivity contribution in [3.8, 4) is 11.5 Å². The standard InChI is InChI=1S/C30H21BrN2O4/c1-36-27-17-19(18-32-33-29(34)24-14-6-10-20-8-2-4-12-22(20)24)16-26(31)28(27)37-30(35)25-15-7-11-21-9-3-5-13-23(21)25/h2-18H,1H3,(H,33,34)/b32-18-. The van der Waals surface area contributed by atoms with Crippen LogP contribution in [0.25, 0.3) is 21.5 Å². The number of methoxy groups -OCH3 is 1. The van der Waals surface area contributed by atoms with Gasteiger partial charge in [-0.2, -0.15) is 5.10 Å². The van der Waals surface area contributed by atoms with Crippen molar-refractivity contribution in [2.45, 2.75) is 0 Å². The number of benzene rings is 5. The predicted molar refractivity (Wildman–Crippen MR) is 149 cm³/mol. The lowest BCUT2D eigenvalue weighted by atomic mass is 10.0. The number of hydrogen-bond donors (Lipinski definition) is 1. The second kappa shape index (κ2) is 10.6. The first kappa shape index (κ1) is 24.2. The van der Waals surface area contributed by atoms with Crippen molar-refractivity contribution in [3.63, 3.8) is 0 Å². The average molecular weight is 553 g/mol. The highest BCUT2D eigenvalue weighted by Crippen LogP contribution is 2.37. The molecule has 0 heterocycles. The van der Waals surface area contributed by atoms with E-state index in [1.807, 2.05) is 72.8 Å². The van der Waals surface area contributed by atoms with Crippen LogP contribution in [0.15, 0.2) is 107 Å². The fraction of sp³-hybridized carbons (Fsp3) is 0.0333. The number of rotatable bonds is 6. The number of fused-ring (bicyclic) bond motifs is 2. The number of hydrazone groups is 1. The second-order valence-electron chi connectivity index (χ2n) is 8.18. The van der Waals surface area contributed by atoms with Gasteiger partial charge in [0.15, 0.2) is 11.5 Å². The van der Waals surface area contributed by atoms with Gasteiger partial charge in [-0.3, -0.25) is 4.79 Å². The molecule has 0 bridgehead atoms. The summed E-state index contributed by atoms with van der Waals surface area (Å²) in [6.45, 7) is 0. The van der Waals surface area contributed by atoms with Crippen LogP contribution in [0.1, 0.15) is 26.3 Å². The minimum Gasteiger partial charge on any atom is -0.493 e. The number of amides is 1. The Balaban J connectivity index is 1.35. The highest BCUT2D eigenvalue weighted by molar-refractivity contribution is 9.10. The Kier molecular flexibility index (Phi) is 6.96. The van der Waals surface area contributed by atoms with Crippen molar-refractivity contribution in [3.05, 3.63) is 118 Å². The van der Waals surface area contributed by atoms with Crippen LogP contribution in [0, 0.1) is 0 Å². The molecule has 0 atom stereocenters. The molecule has 0 unspecified atom stereocenters. The summed E-state index contributed by atoms with van der Waals surface area (Å²) in [5.41, 5.74) is 4.19. The summed E-state index contributed by atoms with van der Waals surface area (Å²) in [7, 11) is 1.49. The molecule has 6 nitrogen and oxygen atoms in total. The van der Waals surface area contributed by atoms with Crippen LogP contribution in [0.3, 0.4) is 0 Å². The lowest BCUT2D eigenvalue weighted by Gasteiger charge is -2.13. The van der Waals surface area contributed by atoms with Crippen molar-refractivity contribution < 1.29 is 19.1 Å². The molecule has 5 rings (SSSR count). The maximum atomic E-state index is 13.0. The van der Waals surface area contributed by atoms with Crippen LogP contribution in [0.4, 0.5) is 0 Å². The van der Waals surface area contributed by atoms with Gasteiger partial charge in [0.05, 0.1) is 23.4 Å². The van der Waals surface area contributed by atoms with Gasteiger partial charge in [0.2, 0.25) is 0 Å². The Hall–Kier alpha value is -4.49. The summed E-state index contributed by atoms with van der Waals surface area (Å²) in [5, 5.41) is 7.67. The van der Waals surface area contributed by atoms with Crippen molar-refractivity contribution >= 4 is 55.6 Å². The number of carbonyl (C=O) groups is 2. The summed E-state index contributed by atoms with van der Waals surface area (Å²) < 4.78 is 11.7. The molecule has 0 radical (unpaired) electrons. The molecule has 182 valence electrons. The molecule has 37 heavy (non-hydrogen) atoms. The van der Waals surface area contributed by atoms with Crippen molar-refractivity contribution in [1.29, 1.82) is 0 Å². The van der Waals surface area contributed by atoms with E-state index in [4.69, 9.17) is 9.47 Å². The molecule has 0 aliphatic rings. The molecule has 7 heteroatoms. The fourth-order valence-electron chi connectivity index (χ4n) is 4.11. The first-order valence-corrected chi connectivity index (χ1v) is 12.2. The summed E-state index contributed by atoms with van der Waals surface area (Å²) in [6.07, 6.45) is 1.49. The molecule has 5 aromatic rings. The highest BCUT2D eigenvalue weighted by atomic mass is 79.9. The van der Waals surface area contributed by atoms with Gasteiger partial charge in [-0.15, -0.1) is 0 Å². The summed E-state index contributed by atoms with van der Waals surface area (Å²) >= 11 is 3.47. The normalized spacial score (nSPS) is 11.1. The van der Waals surface area contributed by atoms with E-state index in [2.05, 4.69) is 26.5 Å². The van der Waals surface area contributed by atoms with Crippen molar-refractivity contribution in [2.24, 2.45) is 5.10 Å². The second-order valence-corrected chi connectivity index (χ2v) is 9.03. The fourth-order valence-corrected chi connectivity index (χ4v) is 4.65. The number of ether oxygens (including phenoxy) is 2. The molecule has 0 saturated carbocycles. The van der Waals surface area contributed by atoms with Crippen molar-refractivity contribution in [1.82, 2.24) is 5.43 Å². The smallest absolute Gasteiger partial charge is 0.344 e. The van der Waals surface area contributed by atoms with Crippen LogP contribution in [0.5, 0.6) is 11.5 Å². The Morgan fingerprint density at radius 3 is 2.08 bits per heavy atom. The van der Waals surface area contributed by atoms with Gasteiger partial charge in [-0.25, -0.2) is 10.2 Å². The third-order valence-corrected chi connectivity index (χ3v) is 6.46. The number of nitrogens with zero attached hydrogens (tertiary/aromatic N) is 1. The van der Waals surface area contributed by atoms with Gasteiger partial charge in [-0.1, -0.05) is 72.8 Å². The minimum absolute atomic E-state index is 0.248. The van der Waals surface area contributed by atoms with E-state index in [9.17, 15) is 9.59 Å². The number of esters is 1. The minimum atomic E-state index is -0.500. The molecule has 0 aliphatic heterocycles. The van der Waals surface area contributed by atoms with Crippen LogP contribution >= 0.6 is 15.9 Å². The summed E-state index contributed by atoms with van der Waals surface area (Å²) in [5.74, 6) is -0.235. The quantitative estimate of drug-likeness (QED) is 0.109. The first-order valence-electron chi connectivity index (χ1n) is 11.4. The topological polar surface area (TPSA) is 77.0 Å². The zero-order valence-electron chi connectivity index (χ0n) is 19.8. The molecule has 1 N–H and O–H groups in total. The first-order chi connectivity index (χ1) is 18.0. The van der Waals surface area contributed by atoms with Gasteiger partial charge in [0.25, 0.3) is 5.91 Å². The molecule has 0 aliphatic carbocycles. The van der Waals surface area contributed by atoms with Gasteiger partial charge in [0, 0.05) is 5.56 Å². The van der Waals surface area contributed by atoms with Gasteiger partial charge in [-0.05, 0) is 67.3 Å². The van der Waals surface area contributed by atoms with Crippen LogP contribution in [-0.4, -0.2) is 25.2 Å². The SMILES string of the molecule is COc1cc(/C=N\NC(=O)c2cccc3ccccc23)cc(Br)c1OC(=O)c1cccc2ccccc12. The van der Waals surface area contributed by atoms with Crippen LogP contribution < -0.4 is 14.9 Å². The van der Waals surface area contributed by atoms with E-state index in [1.165, 1.54) is 13.3 Å². The van der Waals surface area contributed by atoms with E-state index >= 15 is 0 Å². The largest absolute Gasteiger partial charge is 0.493 e. The lowest BCUT2D eigenvalue weighted by Crippen LogP contribution is -2.18. The van der Waals surface area contributed by atoms with Gasteiger partial charge in [0.1, 0.15) is 0 Å². The van der Waals surface area contributed by atoms with Crippen molar-refractivity contribution in [2.75, 3.05) is 7.11 Å². The Labute approximate surface area is 221 Å². The van der Waals surface area contributed by atoms with E-state index in [1.54, 1.807) is 24.3 Å². The number of carbonyl (C=O) groups excluding carboxylic acids is 2. The molecule has 0 aromatic heterocycles. The van der Waals surface area contributed by atoms with Crippen LogP contribution in [0.2, 0.25) is 0 Å². The van der Waals surface area contributed by atoms with E-state index in [0.29, 0.717) is 26.9 Å². The Morgan fingerprint density at radius 1 is 0.811 bits per heavy atom. The monoisotopic (exact) mass is 552 g/mol. The molecule has 1 amide bonds. The van der Waals surface area contributed by atoms with Gasteiger partial charge >= 0.3 is 5.97 Å². The Morgan fingerprint density at radius 2 is 1.41 bits per heavy atom. The molecular weight excluding hydrogens is 532 g/mol. The highest BCUT2D eigenvalue weighted by Gasteiger charge is 2.18. The summed E-state index contributed by atoms with van der Waals surface area (Å²) in [6, 6.07) is 29.7. The number of halogens is 1. The lowest BCUT2D eigenvalue weighted by molar-refractivity contribution is 0.0730. The van der Waals surface area contributed by atoms with Gasteiger partial charge < -0.3 is 9.47 Å². The number of nitrogens with one attached hydrogen (secondary N) is 1. The number of hydrogen-bond acceptors (Lipinski definition) is 5. The molecule has 5 aromatic carbocycles. The van der Waals surface area contributed by atoms with E-state index < -0.39 is 5.97 Å². The molecule has 0 saturated heterocycles. The zero-order chi connectivity index (χ0) is 25.8. The van der Waals surface area contributed by atoms with E-state index in [0.717, 1.165) is 21.5 Å². The molecular formula is C30H21BrN2O4. The third kappa shape index (κ3) is 5.08. The zero-order valence-corrected chi connectivity index (χ0v) is 21.4. The predicted octanol–water partition coefficient (Wildman–Crippen LogP) is 6.75. The molecule has 0 spiro atoms. The van der Waals surface area contributed by atoms with Crippen LogP contribution in [-0.2, 0) is 0 Å². The maximum Gasteiger partial charge on any atom is 0.344 e. The van der Waals surface area contributed by atoms with E-state index in [-0.39, 0.29) is 11.7 Å². The third-order valence-electron chi connectivity index (χ3n) is 5.87. The summed E-state index contributed by atoms with van der Waals surface area (Å²) in [4.78, 5) is 25.8. The maximum absolute atomic E-state index is 13.0. The Bertz CT molecular complexity index is 1670.